The van der Waals surface area contributed by atoms with E-state index in [0.29, 0.717) is 0 Å². The van der Waals surface area contributed by atoms with Crippen molar-refractivity contribution in [2.45, 2.75) is 46.1 Å². The van der Waals surface area contributed by atoms with Crippen LogP contribution in [-0.2, 0) is 6.54 Å². The molecule has 0 saturated heterocycles. The Balaban J connectivity index is 1.74. The first-order chi connectivity index (χ1) is 8.25. The van der Waals surface area contributed by atoms with Gasteiger partial charge in [0.1, 0.15) is 0 Å². The van der Waals surface area contributed by atoms with Gasteiger partial charge in [-0.05, 0) is 57.2 Å². The van der Waals surface area contributed by atoms with E-state index >= 15 is 0 Å². The summed E-state index contributed by atoms with van der Waals surface area (Å²) in [7, 11) is 0. The molecule has 2 rings (SSSR count). The molecule has 1 N–H and O–H groups in total. The molecule has 0 bridgehead atoms. The Hall–Kier alpha value is -1.08. The second kappa shape index (κ2) is 6.02. The molecule has 0 aromatic heterocycles. The highest BCUT2D eigenvalue weighted by Crippen LogP contribution is 2.19. The number of allylic oxidation sites excluding steroid dienone is 1. The van der Waals surface area contributed by atoms with Gasteiger partial charge < -0.3 is 5.32 Å². The Morgan fingerprint density at radius 2 is 2.12 bits per heavy atom. The number of benzene rings is 1. The fourth-order valence-electron chi connectivity index (χ4n) is 2.48. The minimum atomic E-state index is 0.999. The summed E-state index contributed by atoms with van der Waals surface area (Å²) in [6.45, 7) is 6.46. The average Bonchev–Trinajstić information content (AvgIpc) is 2.79. The molecule has 0 saturated carbocycles. The number of hydrogen-bond acceptors (Lipinski definition) is 1. The van der Waals surface area contributed by atoms with Crippen LogP contribution in [0.4, 0.5) is 0 Å². The van der Waals surface area contributed by atoms with Crippen molar-refractivity contribution < 1.29 is 0 Å². The van der Waals surface area contributed by atoms with Crippen molar-refractivity contribution in [1.29, 1.82) is 0 Å². The van der Waals surface area contributed by atoms with Gasteiger partial charge in [0.05, 0.1) is 0 Å². The Morgan fingerprint density at radius 3 is 2.82 bits per heavy atom. The highest BCUT2D eigenvalue weighted by atomic mass is 14.8. The normalized spacial score (nSPS) is 15.1. The average molecular weight is 229 g/mol. The molecular weight excluding hydrogens is 206 g/mol. The molecule has 0 atom stereocenters. The molecule has 1 aliphatic rings. The third-order valence-electron chi connectivity index (χ3n) is 3.57. The molecule has 1 aromatic carbocycles. The minimum absolute atomic E-state index is 0.999. The summed E-state index contributed by atoms with van der Waals surface area (Å²) >= 11 is 0. The van der Waals surface area contributed by atoms with E-state index in [1.807, 2.05) is 0 Å². The van der Waals surface area contributed by atoms with Gasteiger partial charge in [0.2, 0.25) is 0 Å². The van der Waals surface area contributed by atoms with Crippen molar-refractivity contribution in [3.63, 3.8) is 0 Å². The van der Waals surface area contributed by atoms with Crippen molar-refractivity contribution in [3.05, 3.63) is 46.5 Å². The first-order valence-corrected chi connectivity index (χ1v) is 6.70. The van der Waals surface area contributed by atoms with Gasteiger partial charge in [0.15, 0.2) is 0 Å². The molecule has 92 valence electrons. The monoisotopic (exact) mass is 229 g/mol. The molecule has 17 heavy (non-hydrogen) atoms. The zero-order valence-electron chi connectivity index (χ0n) is 11.1. The zero-order chi connectivity index (χ0) is 12.1. The van der Waals surface area contributed by atoms with Crippen LogP contribution in [0.15, 0.2) is 29.8 Å². The van der Waals surface area contributed by atoms with Crippen LogP contribution in [0.25, 0.3) is 0 Å². The third-order valence-corrected chi connectivity index (χ3v) is 3.57. The van der Waals surface area contributed by atoms with E-state index in [1.54, 1.807) is 5.57 Å². The van der Waals surface area contributed by atoms with Crippen molar-refractivity contribution in [2.24, 2.45) is 0 Å². The van der Waals surface area contributed by atoms with Crippen molar-refractivity contribution in [3.8, 4) is 0 Å². The lowest BCUT2D eigenvalue weighted by Gasteiger charge is -2.09. The molecule has 0 spiro atoms. The first-order valence-electron chi connectivity index (χ1n) is 6.70. The fraction of sp³-hybridized carbons (Fsp3) is 0.500. The molecule has 1 aromatic rings. The van der Waals surface area contributed by atoms with Gasteiger partial charge in [-0.2, -0.15) is 0 Å². The van der Waals surface area contributed by atoms with Crippen molar-refractivity contribution in [2.75, 3.05) is 6.54 Å². The predicted octanol–water partition coefficient (Wildman–Crippen LogP) is 3.89. The quantitative estimate of drug-likeness (QED) is 0.596. The lowest BCUT2D eigenvalue weighted by Crippen LogP contribution is -2.15. The lowest BCUT2D eigenvalue weighted by molar-refractivity contribution is 0.673. The van der Waals surface area contributed by atoms with Gasteiger partial charge in [-0.1, -0.05) is 35.4 Å². The fourth-order valence-corrected chi connectivity index (χ4v) is 2.48. The van der Waals surface area contributed by atoms with Crippen LogP contribution in [0.1, 0.15) is 42.4 Å². The molecule has 0 unspecified atom stereocenters. The number of rotatable bonds is 5. The summed E-state index contributed by atoms with van der Waals surface area (Å²) in [5, 5.41) is 3.55. The summed E-state index contributed by atoms with van der Waals surface area (Å²) in [6, 6.07) is 6.70. The van der Waals surface area contributed by atoms with E-state index in [-0.39, 0.29) is 0 Å². The minimum Gasteiger partial charge on any atom is -0.312 e. The van der Waals surface area contributed by atoms with Crippen LogP contribution in [-0.4, -0.2) is 6.54 Å². The van der Waals surface area contributed by atoms with Crippen LogP contribution in [0.5, 0.6) is 0 Å². The molecule has 0 heterocycles. The first kappa shape index (κ1) is 12.4. The summed E-state index contributed by atoms with van der Waals surface area (Å²) in [6.07, 6.45) is 7.63. The maximum absolute atomic E-state index is 3.55. The summed E-state index contributed by atoms with van der Waals surface area (Å²) in [5.41, 5.74) is 5.83. The maximum Gasteiger partial charge on any atom is 0.0208 e. The van der Waals surface area contributed by atoms with Crippen molar-refractivity contribution in [1.82, 2.24) is 5.32 Å². The largest absolute Gasteiger partial charge is 0.312 e. The Bertz CT molecular complexity index is 404. The molecule has 0 aliphatic heterocycles. The highest BCUT2D eigenvalue weighted by molar-refractivity contribution is 5.30. The molecule has 1 aliphatic carbocycles. The van der Waals surface area contributed by atoms with Crippen LogP contribution in [0, 0.1) is 13.8 Å². The number of nitrogens with one attached hydrogen (secondary N) is 1. The Labute approximate surface area is 105 Å². The smallest absolute Gasteiger partial charge is 0.0208 e. The molecule has 0 amide bonds. The second-order valence-corrected chi connectivity index (χ2v) is 5.11. The molecule has 0 fully saturated rings. The van der Waals surface area contributed by atoms with Gasteiger partial charge in [-0.25, -0.2) is 0 Å². The van der Waals surface area contributed by atoms with E-state index < -0.39 is 0 Å². The van der Waals surface area contributed by atoms with Gasteiger partial charge in [-0.15, -0.1) is 0 Å². The molecule has 1 nitrogen and oxygen atoms in total. The molecular formula is C16H23N. The lowest BCUT2D eigenvalue weighted by atomic mass is 10.1. The van der Waals surface area contributed by atoms with E-state index in [4.69, 9.17) is 0 Å². The SMILES string of the molecule is Cc1ccc(CNCCC2=CCCC2)c(C)c1. The van der Waals surface area contributed by atoms with Gasteiger partial charge in [0, 0.05) is 6.54 Å². The zero-order valence-corrected chi connectivity index (χ0v) is 11.1. The maximum atomic E-state index is 3.55. The molecule has 1 heteroatoms. The van der Waals surface area contributed by atoms with Crippen LogP contribution >= 0.6 is 0 Å². The Morgan fingerprint density at radius 1 is 1.24 bits per heavy atom. The van der Waals surface area contributed by atoms with E-state index in [2.05, 4.69) is 43.4 Å². The van der Waals surface area contributed by atoms with E-state index in [1.165, 1.54) is 42.4 Å². The van der Waals surface area contributed by atoms with Crippen molar-refractivity contribution >= 4 is 0 Å². The van der Waals surface area contributed by atoms with Crippen LogP contribution in [0.3, 0.4) is 0 Å². The van der Waals surface area contributed by atoms with Crippen LogP contribution in [0.2, 0.25) is 0 Å². The summed E-state index contributed by atoms with van der Waals surface area (Å²) < 4.78 is 0. The summed E-state index contributed by atoms with van der Waals surface area (Å²) in [4.78, 5) is 0. The summed E-state index contributed by atoms with van der Waals surface area (Å²) in [5.74, 6) is 0. The van der Waals surface area contributed by atoms with Crippen LogP contribution < -0.4 is 5.32 Å². The van der Waals surface area contributed by atoms with E-state index in [9.17, 15) is 0 Å². The highest BCUT2D eigenvalue weighted by Gasteiger charge is 2.03. The predicted molar refractivity (Wildman–Crippen MR) is 74.2 cm³/mol. The standard InChI is InChI=1S/C16H23N/c1-13-7-8-16(14(2)11-13)12-17-10-9-15-5-3-4-6-15/h5,7-8,11,17H,3-4,6,9-10,12H2,1-2H3. The van der Waals surface area contributed by atoms with Gasteiger partial charge in [0.25, 0.3) is 0 Å². The second-order valence-electron chi connectivity index (χ2n) is 5.11. The Kier molecular flexibility index (Phi) is 4.38. The number of hydrogen-bond donors (Lipinski definition) is 1. The van der Waals surface area contributed by atoms with Gasteiger partial charge >= 0.3 is 0 Å². The topological polar surface area (TPSA) is 12.0 Å². The molecule has 0 radical (unpaired) electrons. The number of aryl methyl sites for hydroxylation is 2. The van der Waals surface area contributed by atoms with Gasteiger partial charge in [-0.3, -0.25) is 0 Å². The third kappa shape index (κ3) is 3.71. The van der Waals surface area contributed by atoms with E-state index in [0.717, 1.165) is 13.1 Å².